The van der Waals surface area contributed by atoms with Crippen LogP contribution in [0.2, 0.25) is 0 Å². The summed E-state index contributed by atoms with van der Waals surface area (Å²) in [6, 6.07) is 14.6. The van der Waals surface area contributed by atoms with Gasteiger partial charge in [-0.1, -0.05) is 53.4 Å². The average molecular weight is 436 g/mol. The van der Waals surface area contributed by atoms with Gasteiger partial charge in [0.15, 0.2) is 11.5 Å². The molecule has 142 valence electrons. The second-order valence-electron chi connectivity index (χ2n) is 7.86. The van der Waals surface area contributed by atoms with Gasteiger partial charge in [0, 0.05) is 29.2 Å². The fourth-order valence-electron chi connectivity index (χ4n) is 5.02. The average Bonchev–Trinajstić information content (AvgIpc) is 3.00. The fourth-order valence-corrected chi connectivity index (χ4v) is 5.38. The highest BCUT2D eigenvalue weighted by Crippen LogP contribution is 2.61. The Hall–Kier alpha value is -2.53. The summed E-state index contributed by atoms with van der Waals surface area (Å²) < 4.78 is 7.73. The van der Waals surface area contributed by atoms with Crippen molar-refractivity contribution in [2.45, 2.75) is 30.4 Å². The number of nitrogens with zero attached hydrogens (tertiary/aromatic N) is 2. The highest BCUT2D eigenvalue weighted by Gasteiger charge is 2.65. The van der Waals surface area contributed by atoms with Crippen molar-refractivity contribution in [1.29, 1.82) is 0 Å². The van der Waals surface area contributed by atoms with Crippen molar-refractivity contribution >= 4 is 27.5 Å². The molecule has 0 aromatic heterocycles. The molecule has 1 aliphatic carbocycles. The SMILES string of the molecule is C=C1CC2(CCc3ccccc31)Oc1ccc(Br)cc1C21N=C(N)N(C)C1=C. The number of rotatable bonds is 0. The molecule has 0 saturated heterocycles. The van der Waals surface area contributed by atoms with E-state index in [4.69, 9.17) is 15.5 Å². The van der Waals surface area contributed by atoms with Gasteiger partial charge in [-0.05, 0) is 47.7 Å². The van der Waals surface area contributed by atoms with Crippen LogP contribution in [0.1, 0.15) is 29.5 Å². The third-order valence-corrected chi connectivity index (χ3v) is 6.93. The van der Waals surface area contributed by atoms with Crippen molar-refractivity contribution in [2.24, 2.45) is 10.7 Å². The first-order valence-corrected chi connectivity index (χ1v) is 10.2. The Kier molecular flexibility index (Phi) is 3.60. The molecular formula is C23H22BrN3O. The summed E-state index contributed by atoms with van der Waals surface area (Å²) in [4.78, 5) is 6.89. The molecule has 3 aliphatic rings. The minimum atomic E-state index is -0.754. The lowest BCUT2D eigenvalue weighted by atomic mass is 9.70. The maximum atomic E-state index is 6.75. The Balaban J connectivity index is 1.74. The van der Waals surface area contributed by atoms with Crippen molar-refractivity contribution in [3.63, 3.8) is 0 Å². The Morgan fingerprint density at radius 3 is 2.75 bits per heavy atom. The van der Waals surface area contributed by atoms with E-state index in [1.54, 1.807) is 0 Å². The number of ether oxygens (including phenoxy) is 1. The molecule has 28 heavy (non-hydrogen) atoms. The number of guanidine groups is 1. The molecule has 2 aromatic rings. The minimum Gasteiger partial charge on any atom is -0.483 e. The van der Waals surface area contributed by atoms with Crippen LogP contribution in [0.3, 0.4) is 0 Å². The van der Waals surface area contributed by atoms with E-state index in [2.05, 4.69) is 59.4 Å². The molecule has 0 radical (unpaired) electrons. The number of fused-ring (bicyclic) bond motifs is 4. The van der Waals surface area contributed by atoms with Crippen LogP contribution in [0.25, 0.3) is 5.57 Å². The molecular weight excluding hydrogens is 414 g/mol. The van der Waals surface area contributed by atoms with Gasteiger partial charge >= 0.3 is 0 Å². The largest absolute Gasteiger partial charge is 0.483 e. The topological polar surface area (TPSA) is 50.9 Å². The van der Waals surface area contributed by atoms with Crippen LogP contribution in [0.4, 0.5) is 0 Å². The van der Waals surface area contributed by atoms with Crippen LogP contribution in [-0.2, 0) is 12.0 Å². The molecule has 2 atom stereocenters. The lowest BCUT2D eigenvalue weighted by molar-refractivity contribution is 0.0313. The Bertz CT molecular complexity index is 1080. The van der Waals surface area contributed by atoms with Crippen LogP contribution in [0, 0.1) is 0 Å². The molecule has 2 aromatic carbocycles. The Morgan fingerprint density at radius 2 is 2.00 bits per heavy atom. The molecule has 2 aliphatic heterocycles. The van der Waals surface area contributed by atoms with Crippen molar-refractivity contribution in [2.75, 3.05) is 7.05 Å². The lowest BCUT2D eigenvalue weighted by Gasteiger charge is -2.41. The number of halogens is 1. The van der Waals surface area contributed by atoms with E-state index < -0.39 is 11.1 Å². The van der Waals surface area contributed by atoms with Gasteiger partial charge in [0.25, 0.3) is 0 Å². The second-order valence-corrected chi connectivity index (χ2v) is 8.78. The summed E-state index contributed by atoms with van der Waals surface area (Å²) in [5, 5.41) is 0. The predicted octanol–water partition coefficient (Wildman–Crippen LogP) is 4.60. The van der Waals surface area contributed by atoms with E-state index >= 15 is 0 Å². The summed E-state index contributed by atoms with van der Waals surface area (Å²) in [5.74, 6) is 1.31. The van der Waals surface area contributed by atoms with E-state index in [9.17, 15) is 0 Å². The molecule has 0 saturated carbocycles. The summed E-state index contributed by atoms with van der Waals surface area (Å²) in [6.45, 7) is 8.83. The quantitative estimate of drug-likeness (QED) is 0.657. The number of aryl methyl sites for hydroxylation is 1. The van der Waals surface area contributed by atoms with E-state index in [-0.39, 0.29) is 0 Å². The number of benzene rings is 2. The second kappa shape index (κ2) is 5.74. The zero-order valence-electron chi connectivity index (χ0n) is 15.8. The van der Waals surface area contributed by atoms with Gasteiger partial charge in [-0.15, -0.1) is 0 Å². The highest BCUT2D eigenvalue weighted by molar-refractivity contribution is 9.10. The van der Waals surface area contributed by atoms with Gasteiger partial charge in [-0.25, -0.2) is 4.99 Å². The number of hydrogen-bond acceptors (Lipinski definition) is 4. The molecule has 2 N–H and O–H groups in total. The molecule has 0 amide bonds. The molecule has 5 heteroatoms. The summed E-state index contributed by atoms with van der Waals surface area (Å²) in [5.41, 5.74) is 10.4. The fraction of sp³-hybridized carbons (Fsp3) is 0.261. The van der Waals surface area contributed by atoms with Crippen LogP contribution >= 0.6 is 15.9 Å². The van der Waals surface area contributed by atoms with Gasteiger partial charge in [-0.3, -0.25) is 0 Å². The smallest absolute Gasteiger partial charge is 0.196 e. The van der Waals surface area contributed by atoms with E-state index in [1.807, 2.05) is 24.1 Å². The Morgan fingerprint density at radius 1 is 1.21 bits per heavy atom. The number of likely N-dealkylation sites (N-methyl/N-ethyl adjacent to an activating group) is 1. The van der Waals surface area contributed by atoms with E-state index in [1.165, 1.54) is 11.1 Å². The number of hydrogen-bond donors (Lipinski definition) is 1. The zero-order valence-corrected chi connectivity index (χ0v) is 17.4. The van der Waals surface area contributed by atoms with Crippen molar-refractivity contribution < 1.29 is 4.74 Å². The van der Waals surface area contributed by atoms with Gasteiger partial charge < -0.3 is 15.4 Å². The molecule has 2 spiro atoms. The standard InChI is InChI=1S/C23H22BrN3O/c1-14-13-22(11-10-16-6-4-5-7-18(14)16)23(15(2)27(3)21(25)26-23)19-12-17(24)8-9-20(19)28-22/h4-9,12H,1-2,10-11,13H2,3H3,(H2,25,26). The monoisotopic (exact) mass is 435 g/mol. The summed E-state index contributed by atoms with van der Waals surface area (Å²) in [6.07, 6.45) is 2.36. The summed E-state index contributed by atoms with van der Waals surface area (Å²) >= 11 is 3.61. The van der Waals surface area contributed by atoms with Crippen molar-refractivity contribution in [3.05, 3.63) is 82.5 Å². The molecule has 0 fully saturated rings. The van der Waals surface area contributed by atoms with Crippen LogP contribution in [-0.4, -0.2) is 23.5 Å². The number of aliphatic imine (C=N–C) groups is 1. The maximum absolute atomic E-state index is 6.75. The third kappa shape index (κ3) is 2.08. The normalized spacial score (nSPS) is 28.2. The van der Waals surface area contributed by atoms with Gasteiger partial charge in [0.2, 0.25) is 0 Å². The first kappa shape index (κ1) is 17.6. The zero-order chi connectivity index (χ0) is 19.7. The highest BCUT2D eigenvalue weighted by atomic mass is 79.9. The third-order valence-electron chi connectivity index (χ3n) is 6.44. The van der Waals surface area contributed by atoms with Crippen LogP contribution < -0.4 is 10.5 Å². The molecule has 2 unspecified atom stereocenters. The van der Waals surface area contributed by atoms with Crippen LogP contribution in [0.5, 0.6) is 5.75 Å². The molecule has 4 nitrogen and oxygen atoms in total. The first-order valence-electron chi connectivity index (χ1n) is 9.41. The van der Waals surface area contributed by atoms with Gasteiger partial charge in [-0.2, -0.15) is 0 Å². The predicted molar refractivity (Wildman–Crippen MR) is 116 cm³/mol. The van der Waals surface area contributed by atoms with Crippen molar-refractivity contribution in [3.8, 4) is 5.75 Å². The van der Waals surface area contributed by atoms with Crippen molar-refractivity contribution in [1.82, 2.24) is 4.90 Å². The Labute approximate surface area is 173 Å². The van der Waals surface area contributed by atoms with Crippen LogP contribution in [0.15, 0.2) is 70.8 Å². The van der Waals surface area contributed by atoms with E-state index in [0.29, 0.717) is 12.4 Å². The minimum absolute atomic E-state index is 0.466. The summed E-state index contributed by atoms with van der Waals surface area (Å²) in [7, 11) is 1.92. The van der Waals surface area contributed by atoms with Gasteiger partial charge in [0.1, 0.15) is 11.4 Å². The molecule has 5 rings (SSSR count). The van der Waals surface area contributed by atoms with E-state index in [0.717, 1.165) is 39.9 Å². The number of nitrogens with two attached hydrogens (primary N) is 1. The van der Waals surface area contributed by atoms with Gasteiger partial charge in [0.05, 0.1) is 0 Å². The molecule has 0 bridgehead atoms. The molecule has 2 heterocycles. The lowest BCUT2D eigenvalue weighted by Crippen LogP contribution is -2.51. The first-order chi connectivity index (χ1) is 13.4. The maximum Gasteiger partial charge on any atom is 0.196 e.